The first-order valence-corrected chi connectivity index (χ1v) is 6.39. The van der Waals surface area contributed by atoms with Crippen LogP contribution in [-0.2, 0) is 0 Å². The highest BCUT2D eigenvalue weighted by Gasteiger charge is 2.40. The van der Waals surface area contributed by atoms with Gasteiger partial charge in [-0.2, -0.15) is 0 Å². The first kappa shape index (κ1) is 9.54. The van der Waals surface area contributed by atoms with Gasteiger partial charge in [0.2, 0.25) is 5.13 Å². The lowest BCUT2D eigenvalue weighted by Gasteiger charge is -2.37. The van der Waals surface area contributed by atoms with Gasteiger partial charge in [-0.25, -0.2) is 0 Å². The molecule has 5 heteroatoms. The molecular weight excluding hydrogens is 208 g/mol. The average Bonchev–Trinajstić information content (AvgIpc) is 2.69. The highest BCUT2D eigenvalue weighted by molar-refractivity contribution is 7.15. The zero-order valence-corrected chi connectivity index (χ0v) is 9.70. The van der Waals surface area contributed by atoms with Crippen molar-refractivity contribution in [3.8, 4) is 0 Å². The van der Waals surface area contributed by atoms with Crippen LogP contribution < -0.4 is 10.6 Å². The summed E-state index contributed by atoms with van der Waals surface area (Å²) in [4.78, 5) is 2.47. The SMILES string of the molecule is Cc1nnc(N2C3CCC2CC(N)C3)s1. The Bertz CT molecular complexity index is 350. The molecule has 2 aliphatic rings. The number of aromatic nitrogens is 2. The molecular formula is C10H16N4S. The highest BCUT2D eigenvalue weighted by atomic mass is 32.1. The summed E-state index contributed by atoms with van der Waals surface area (Å²) in [6.07, 6.45) is 4.79. The Hall–Kier alpha value is -0.680. The minimum absolute atomic E-state index is 0.396. The van der Waals surface area contributed by atoms with Crippen molar-refractivity contribution in [1.82, 2.24) is 10.2 Å². The summed E-state index contributed by atoms with van der Waals surface area (Å²) in [7, 11) is 0. The van der Waals surface area contributed by atoms with Crippen molar-refractivity contribution in [2.24, 2.45) is 5.73 Å². The Morgan fingerprint density at radius 2 is 1.93 bits per heavy atom. The van der Waals surface area contributed by atoms with Gasteiger partial charge in [0.25, 0.3) is 0 Å². The molecule has 0 radical (unpaired) electrons. The highest BCUT2D eigenvalue weighted by Crippen LogP contribution is 2.39. The van der Waals surface area contributed by atoms with E-state index in [-0.39, 0.29) is 0 Å². The van der Waals surface area contributed by atoms with Crippen LogP contribution in [0, 0.1) is 6.92 Å². The molecule has 2 aliphatic heterocycles. The maximum Gasteiger partial charge on any atom is 0.208 e. The van der Waals surface area contributed by atoms with E-state index in [2.05, 4.69) is 15.1 Å². The van der Waals surface area contributed by atoms with E-state index in [0.717, 1.165) is 23.0 Å². The van der Waals surface area contributed by atoms with Crippen LogP contribution in [0.1, 0.15) is 30.7 Å². The minimum atomic E-state index is 0.396. The van der Waals surface area contributed by atoms with Crippen molar-refractivity contribution in [1.29, 1.82) is 0 Å². The lowest BCUT2D eigenvalue weighted by atomic mass is 9.99. The number of hydrogen-bond acceptors (Lipinski definition) is 5. The molecule has 0 amide bonds. The fraction of sp³-hybridized carbons (Fsp3) is 0.800. The van der Waals surface area contributed by atoms with Gasteiger partial charge in [-0.05, 0) is 32.6 Å². The summed E-state index contributed by atoms with van der Waals surface area (Å²) in [6.45, 7) is 2.01. The van der Waals surface area contributed by atoms with Crippen molar-refractivity contribution < 1.29 is 0 Å². The Morgan fingerprint density at radius 3 is 2.47 bits per heavy atom. The predicted octanol–water partition coefficient (Wildman–Crippen LogP) is 1.31. The molecule has 2 fully saturated rings. The molecule has 2 atom stereocenters. The second kappa shape index (κ2) is 3.42. The van der Waals surface area contributed by atoms with E-state index in [4.69, 9.17) is 5.73 Å². The lowest BCUT2D eigenvalue weighted by Crippen LogP contribution is -2.47. The number of hydrogen-bond donors (Lipinski definition) is 1. The molecule has 82 valence electrons. The van der Waals surface area contributed by atoms with Crippen LogP contribution in [0.25, 0.3) is 0 Å². The number of piperidine rings is 1. The quantitative estimate of drug-likeness (QED) is 0.781. The van der Waals surface area contributed by atoms with Crippen molar-refractivity contribution in [3.63, 3.8) is 0 Å². The molecule has 2 N–H and O–H groups in total. The van der Waals surface area contributed by atoms with Gasteiger partial charge in [0.1, 0.15) is 5.01 Å². The van der Waals surface area contributed by atoms with Gasteiger partial charge in [-0.1, -0.05) is 11.3 Å². The number of nitrogens with zero attached hydrogens (tertiary/aromatic N) is 3. The fourth-order valence-corrected chi connectivity index (χ4v) is 3.75. The third-order valence-corrected chi connectivity index (χ3v) is 4.36. The van der Waals surface area contributed by atoms with E-state index in [9.17, 15) is 0 Å². The molecule has 3 heterocycles. The van der Waals surface area contributed by atoms with Crippen molar-refractivity contribution in [2.75, 3.05) is 4.90 Å². The predicted molar refractivity (Wildman–Crippen MR) is 61.1 cm³/mol. The third-order valence-electron chi connectivity index (χ3n) is 3.51. The average molecular weight is 224 g/mol. The van der Waals surface area contributed by atoms with Crippen LogP contribution in [0.15, 0.2) is 0 Å². The Kier molecular flexibility index (Phi) is 2.17. The van der Waals surface area contributed by atoms with Crippen LogP contribution in [0.5, 0.6) is 0 Å². The molecule has 2 saturated heterocycles. The number of fused-ring (bicyclic) bond motifs is 2. The third kappa shape index (κ3) is 1.54. The molecule has 1 aromatic heterocycles. The van der Waals surface area contributed by atoms with Gasteiger partial charge in [-0.3, -0.25) is 0 Å². The van der Waals surface area contributed by atoms with E-state index in [0.29, 0.717) is 18.1 Å². The molecule has 2 bridgehead atoms. The standard InChI is InChI=1S/C10H16N4S/c1-6-12-13-10(15-6)14-8-2-3-9(14)5-7(11)4-8/h7-9H,2-5,11H2,1H3. The Balaban J connectivity index is 1.88. The maximum absolute atomic E-state index is 6.04. The molecule has 0 spiro atoms. The van der Waals surface area contributed by atoms with Gasteiger partial charge in [0, 0.05) is 18.1 Å². The summed E-state index contributed by atoms with van der Waals surface area (Å²) < 4.78 is 0. The topological polar surface area (TPSA) is 55.0 Å². The Labute approximate surface area is 93.5 Å². The minimum Gasteiger partial charge on any atom is -0.341 e. The van der Waals surface area contributed by atoms with Crippen molar-refractivity contribution in [3.05, 3.63) is 5.01 Å². The van der Waals surface area contributed by atoms with Gasteiger partial charge < -0.3 is 10.6 Å². The molecule has 3 rings (SSSR count). The summed E-state index contributed by atoms with van der Waals surface area (Å²) in [5.74, 6) is 0. The van der Waals surface area contributed by atoms with E-state index in [1.165, 1.54) is 12.8 Å². The van der Waals surface area contributed by atoms with Crippen LogP contribution in [0.3, 0.4) is 0 Å². The molecule has 1 aromatic rings. The number of nitrogens with two attached hydrogens (primary N) is 1. The zero-order chi connectivity index (χ0) is 10.4. The normalized spacial score (nSPS) is 34.8. The monoisotopic (exact) mass is 224 g/mol. The first-order valence-electron chi connectivity index (χ1n) is 5.58. The molecule has 4 nitrogen and oxygen atoms in total. The van der Waals surface area contributed by atoms with Gasteiger partial charge in [0.05, 0.1) is 0 Å². The van der Waals surface area contributed by atoms with Crippen molar-refractivity contribution in [2.45, 2.75) is 50.7 Å². The number of anilines is 1. The summed E-state index contributed by atoms with van der Waals surface area (Å²) in [5, 5.41) is 10.5. The van der Waals surface area contributed by atoms with E-state index in [1.54, 1.807) is 11.3 Å². The summed E-state index contributed by atoms with van der Waals surface area (Å²) >= 11 is 1.71. The molecule has 2 unspecified atom stereocenters. The van der Waals surface area contributed by atoms with Crippen LogP contribution >= 0.6 is 11.3 Å². The van der Waals surface area contributed by atoms with Crippen LogP contribution in [-0.4, -0.2) is 28.3 Å². The van der Waals surface area contributed by atoms with Crippen LogP contribution in [0.4, 0.5) is 5.13 Å². The summed E-state index contributed by atoms with van der Waals surface area (Å²) in [6, 6.07) is 1.63. The lowest BCUT2D eigenvalue weighted by molar-refractivity contribution is 0.413. The van der Waals surface area contributed by atoms with Crippen molar-refractivity contribution >= 4 is 16.5 Å². The number of aryl methyl sites for hydroxylation is 1. The maximum atomic E-state index is 6.04. The first-order chi connectivity index (χ1) is 7.24. The van der Waals surface area contributed by atoms with Gasteiger partial charge >= 0.3 is 0 Å². The fourth-order valence-electron chi connectivity index (χ4n) is 2.92. The largest absolute Gasteiger partial charge is 0.341 e. The smallest absolute Gasteiger partial charge is 0.208 e. The molecule has 0 aliphatic carbocycles. The van der Waals surface area contributed by atoms with E-state index in [1.807, 2.05) is 6.92 Å². The van der Waals surface area contributed by atoms with Gasteiger partial charge in [0.15, 0.2) is 0 Å². The Morgan fingerprint density at radius 1 is 1.27 bits per heavy atom. The number of rotatable bonds is 1. The van der Waals surface area contributed by atoms with E-state index >= 15 is 0 Å². The molecule has 15 heavy (non-hydrogen) atoms. The molecule has 0 aromatic carbocycles. The summed E-state index contributed by atoms with van der Waals surface area (Å²) in [5.41, 5.74) is 6.04. The van der Waals surface area contributed by atoms with Gasteiger partial charge in [-0.15, -0.1) is 10.2 Å². The molecule has 0 saturated carbocycles. The zero-order valence-electron chi connectivity index (χ0n) is 8.89. The van der Waals surface area contributed by atoms with E-state index < -0.39 is 0 Å². The second-order valence-corrected chi connectivity index (χ2v) is 5.79. The second-order valence-electron chi connectivity index (χ2n) is 4.63. The van der Waals surface area contributed by atoms with Crippen LogP contribution in [0.2, 0.25) is 0 Å².